The minimum absolute atomic E-state index is 0.0761. The smallest absolute Gasteiger partial charge is 0.295 e. The molecule has 0 bridgehead atoms. The maximum absolute atomic E-state index is 13.9. The van der Waals surface area contributed by atoms with Crippen LogP contribution < -0.4 is 14.8 Å². The summed E-state index contributed by atoms with van der Waals surface area (Å²) in [6, 6.07) is 15.4. The van der Waals surface area contributed by atoms with Gasteiger partial charge in [0.1, 0.15) is 11.4 Å². The lowest BCUT2D eigenvalue weighted by molar-refractivity contribution is -0.378. The van der Waals surface area contributed by atoms with Crippen LogP contribution in [0.3, 0.4) is 0 Å². The van der Waals surface area contributed by atoms with Crippen LogP contribution in [0.25, 0.3) is 11.4 Å². The summed E-state index contributed by atoms with van der Waals surface area (Å²) in [6.45, 7) is 4.30. The third-order valence-electron chi connectivity index (χ3n) is 6.08. The van der Waals surface area contributed by atoms with Crippen molar-refractivity contribution in [2.45, 2.75) is 26.4 Å². The Bertz CT molecular complexity index is 1440. The van der Waals surface area contributed by atoms with Crippen molar-refractivity contribution in [2.24, 2.45) is 0 Å². The number of likely N-dealkylation sites (tertiary alicyclic amines) is 1. The number of fused-ring (bicyclic) bond motifs is 1. The molecule has 1 N–H and O–H groups in total. The van der Waals surface area contributed by atoms with E-state index in [1.807, 2.05) is 25.1 Å². The summed E-state index contributed by atoms with van der Waals surface area (Å²) >= 11 is 0. The van der Waals surface area contributed by atoms with Crippen molar-refractivity contribution in [2.75, 3.05) is 6.61 Å². The quantitative estimate of drug-likeness (QED) is 0.246. The molecule has 1 fully saturated rings. The van der Waals surface area contributed by atoms with Gasteiger partial charge in [-0.25, -0.2) is 9.97 Å². The second-order valence-electron chi connectivity index (χ2n) is 8.30. The van der Waals surface area contributed by atoms with E-state index < -0.39 is 23.5 Å². The highest BCUT2D eigenvalue weighted by Gasteiger charge is 2.44. The number of Topliss-reactive ketones (excluding diaryl/α,β-unsaturated/α-hetero) is 1. The van der Waals surface area contributed by atoms with Crippen molar-refractivity contribution in [3.63, 3.8) is 0 Å². The number of carbonyl (C=O) groups excluding carboxylic acids is 2. The minimum Gasteiger partial charge on any atom is -0.871 e. The van der Waals surface area contributed by atoms with Crippen LogP contribution in [-0.4, -0.2) is 32.6 Å². The Kier molecular flexibility index (Phi) is 5.78. The zero-order valence-electron chi connectivity index (χ0n) is 19.4. The fourth-order valence-corrected chi connectivity index (χ4v) is 4.53. The molecule has 4 heterocycles. The number of benzene rings is 1. The summed E-state index contributed by atoms with van der Waals surface area (Å²) in [6.07, 6.45) is 5.26. The second-order valence-corrected chi connectivity index (χ2v) is 8.30. The Labute approximate surface area is 202 Å². The van der Waals surface area contributed by atoms with Gasteiger partial charge in [0.25, 0.3) is 5.91 Å². The first-order chi connectivity index (χ1) is 17.0. The molecule has 176 valence electrons. The fraction of sp³-hybridized carbons (Fsp3) is 0.185. The third kappa shape index (κ3) is 3.93. The molecule has 0 radical (unpaired) electrons. The van der Waals surface area contributed by atoms with Gasteiger partial charge in [-0.2, -0.15) is 0 Å². The molecule has 3 aromatic heterocycles. The van der Waals surface area contributed by atoms with Gasteiger partial charge in [-0.05, 0) is 49.7 Å². The number of carbonyl (C=O) groups is 2. The Morgan fingerprint density at radius 1 is 1.11 bits per heavy atom. The van der Waals surface area contributed by atoms with Gasteiger partial charge in [0.05, 0.1) is 30.6 Å². The Morgan fingerprint density at radius 2 is 1.91 bits per heavy atom. The number of hydrogen-bond acceptors (Lipinski definition) is 5. The highest BCUT2D eigenvalue weighted by atomic mass is 16.5. The predicted molar refractivity (Wildman–Crippen MR) is 126 cm³/mol. The number of hydrogen-bond donors (Lipinski definition) is 0. The average Bonchev–Trinajstić information content (AvgIpc) is 3.33. The van der Waals surface area contributed by atoms with Crippen molar-refractivity contribution in [3.8, 4) is 5.75 Å². The van der Waals surface area contributed by atoms with Gasteiger partial charge in [-0.15, -0.1) is 0 Å². The van der Waals surface area contributed by atoms with Gasteiger partial charge in [-0.1, -0.05) is 24.0 Å². The lowest BCUT2D eigenvalue weighted by Crippen LogP contribution is -2.29. The molecule has 8 heteroatoms. The number of aryl methyl sites for hydroxylation is 1. The summed E-state index contributed by atoms with van der Waals surface area (Å²) in [4.78, 5) is 35.5. The van der Waals surface area contributed by atoms with E-state index >= 15 is 0 Å². The molecule has 0 saturated carbocycles. The molecule has 0 spiro atoms. The van der Waals surface area contributed by atoms with Crippen molar-refractivity contribution < 1.29 is 24.4 Å². The number of nitrogens with zero attached hydrogens (tertiary/aromatic N) is 3. The van der Waals surface area contributed by atoms with E-state index in [4.69, 9.17) is 4.74 Å². The predicted octanol–water partition coefficient (Wildman–Crippen LogP) is 2.28. The molecule has 4 aromatic rings. The van der Waals surface area contributed by atoms with Crippen molar-refractivity contribution >= 4 is 23.1 Å². The largest absolute Gasteiger partial charge is 0.871 e. The third-order valence-corrected chi connectivity index (χ3v) is 6.08. The first kappa shape index (κ1) is 22.3. The van der Waals surface area contributed by atoms with E-state index in [2.05, 4.69) is 9.97 Å². The Morgan fingerprint density at radius 3 is 2.63 bits per heavy atom. The van der Waals surface area contributed by atoms with E-state index in [1.165, 1.54) is 4.90 Å². The summed E-state index contributed by atoms with van der Waals surface area (Å²) in [5.41, 5.74) is 2.76. The zero-order valence-corrected chi connectivity index (χ0v) is 19.4. The maximum atomic E-state index is 13.9. The molecule has 1 amide bonds. The van der Waals surface area contributed by atoms with Gasteiger partial charge in [0, 0.05) is 23.4 Å². The molecule has 1 saturated heterocycles. The molecular formula is C27H24N4O4. The molecule has 35 heavy (non-hydrogen) atoms. The standard InChI is InChI=1S/C27H24N4O4/c1-3-35-20-11-9-19(10-12-20)24-22(25(32)23-17(2)29-21-8-4-5-14-30(21)23)26(33)27(34)31(24)16-18-7-6-13-28-15-18/h4-15,24,32H,3,16H2,1-2H3. The number of amides is 1. The van der Waals surface area contributed by atoms with E-state index in [-0.39, 0.29) is 17.8 Å². The monoisotopic (exact) mass is 468 g/mol. The molecule has 5 rings (SSSR count). The van der Waals surface area contributed by atoms with Gasteiger partial charge in [-0.3, -0.25) is 9.59 Å². The van der Waals surface area contributed by atoms with E-state index in [0.29, 0.717) is 29.3 Å². The molecule has 1 aliphatic heterocycles. The van der Waals surface area contributed by atoms with Crippen LogP contribution in [0.2, 0.25) is 0 Å². The van der Waals surface area contributed by atoms with Gasteiger partial charge in [0.15, 0.2) is 12.4 Å². The lowest BCUT2D eigenvalue weighted by atomic mass is 9.96. The normalized spacial score (nSPS) is 17.3. The summed E-state index contributed by atoms with van der Waals surface area (Å²) < 4.78 is 7.21. The number of aromatic nitrogens is 3. The molecule has 1 unspecified atom stereocenters. The van der Waals surface area contributed by atoms with E-state index in [1.54, 1.807) is 66.3 Å². The number of ketones is 1. The number of aromatic amines is 1. The van der Waals surface area contributed by atoms with Crippen LogP contribution >= 0.6 is 0 Å². The molecular weight excluding hydrogens is 444 g/mol. The number of ether oxygens (including phenoxy) is 1. The summed E-state index contributed by atoms with van der Waals surface area (Å²) in [5.74, 6) is -1.33. The molecule has 1 aromatic carbocycles. The lowest BCUT2D eigenvalue weighted by Gasteiger charge is -2.27. The van der Waals surface area contributed by atoms with Crippen LogP contribution in [0.4, 0.5) is 0 Å². The van der Waals surface area contributed by atoms with Crippen LogP contribution in [-0.2, 0) is 16.1 Å². The molecule has 8 nitrogen and oxygen atoms in total. The highest BCUT2D eigenvalue weighted by molar-refractivity contribution is 6.46. The van der Waals surface area contributed by atoms with Gasteiger partial charge >= 0.3 is 0 Å². The van der Waals surface area contributed by atoms with Crippen molar-refractivity contribution in [1.29, 1.82) is 0 Å². The maximum Gasteiger partial charge on any atom is 0.295 e. The van der Waals surface area contributed by atoms with Crippen LogP contribution in [0.1, 0.15) is 35.5 Å². The molecule has 1 atom stereocenters. The van der Waals surface area contributed by atoms with Crippen molar-refractivity contribution in [3.05, 3.63) is 101 Å². The molecule has 0 aliphatic carbocycles. The minimum atomic E-state index is -0.841. The van der Waals surface area contributed by atoms with Crippen LogP contribution in [0.15, 0.2) is 78.8 Å². The zero-order chi connectivity index (χ0) is 24.5. The summed E-state index contributed by atoms with van der Waals surface area (Å²) in [7, 11) is 0. The first-order valence-electron chi connectivity index (χ1n) is 11.4. The second kappa shape index (κ2) is 9.06. The number of H-pyrrole nitrogens is 1. The topological polar surface area (TPSA) is 101 Å². The van der Waals surface area contributed by atoms with Crippen LogP contribution in [0.5, 0.6) is 5.75 Å². The first-order valence-corrected chi connectivity index (χ1v) is 11.4. The summed E-state index contributed by atoms with van der Waals surface area (Å²) in [5, 5.41) is 13.9. The fourth-order valence-electron chi connectivity index (χ4n) is 4.53. The average molecular weight is 469 g/mol. The van der Waals surface area contributed by atoms with Gasteiger partial charge in [0.2, 0.25) is 5.78 Å². The Hall–Kier alpha value is -4.46. The van der Waals surface area contributed by atoms with Crippen LogP contribution in [0, 0.1) is 6.92 Å². The van der Waals surface area contributed by atoms with Gasteiger partial charge < -0.3 is 19.1 Å². The van der Waals surface area contributed by atoms with E-state index in [9.17, 15) is 14.7 Å². The highest BCUT2D eigenvalue weighted by Crippen LogP contribution is 2.40. The SMILES string of the molecule is CCOc1ccc(C2C(=C([O-])c3c(C)nc4ccccn34)C(=O)C(=O)N2Cc2ccc[nH+]c2)cc1. The number of nitrogens with one attached hydrogen (secondary N) is 1. The number of imidazole rings is 1. The number of rotatable bonds is 6. The Balaban J connectivity index is 1.69. The van der Waals surface area contributed by atoms with Crippen molar-refractivity contribution in [1.82, 2.24) is 14.3 Å². The van der Waals surface area contributed by atoms with E-state index in [0.717, 1.165) is 5.56 Å². The number of pyridine rings is 2. The molecule has 1 aliphatic rings.